The maximum atomic E-state index is 5.37. The van der Waals surface area contributed by atoms with E-state index in [4.69, 9.17) is 4.74 Å². The van der Waals surface area contributed by atoms with E-state index in [0.717, 1.165) is 25.3 Å². The van der Waals surface area contributed by atoms with Crippen LogP contribution >= 0.6 is 11.3 Å². The SMILES string of the molecule is COc1ccc(C)cc1CNCCc1cccs1. The minimum absolute atomic E-state index is 0.857. The van der Waals surface area contributed by atoms with Crippen molar-refractivity contribution >= 4 is 11.3 Å². The molecule has 0 bridgehead atoms. The summed E-state index contributed by atoms with van der Waals surface area (Å²) in [6.07, 6.45) is 1.09. The monoisotopic (exact) mass is 261 g/mol. The molecule has 0 aliphatic heterocycles. The van der Waals surface area contributed by atoms with Crippen molar-refractivity contribution in [2.45, 2.75) is 19.9 Å². The van der Waals surface area contributed by atoms with E-state index in [1.54, 1.807) is 7.11 Å². The van der Waals surface area contributed by atoms with Crippen LogP contribution in [0, 0.1) is 6.92 Å². The van der Waals surface area contributed by atoms with Crippen molar-refractivity contribution in [3.8, 4) is 5.75 Å². The molecule has 96 valence electrons. The number of ether oxygens (including phenoxy) is 1. The van der Waals surface area contributed by atoms with Gasteiger partial charge in [-0.05, 0) is 30.9 Å². The summed E-state index contributed by atoms with van der Waals surface area (Å²) in [5.74, 6) is 0.962. The second-order valence-electron chi connectivity index (χ2n) is 4.32. The molecule has 1 N–H and O–H groups in total. The van der Waals surface area contributed by atoms with Gasteiger partial charge in [0.05, 0.1) is 7.11 Å². The summed E-state index contributed by atoms with van der Waals surface area (Å²) in [6.45, 7) is 3.96. The van der Waals surface area contributed by atoms with Crippen LogP contribution in [0.5, 0.6) is 5.75 Å². The lowest BCUT2D eigenvalue weighted by molar-refractivity contribution is 0.407. The standard InChI is InChI=1S/C15H19NOS/c1-12-5-6-15(17-2)13(10-12)11-16-8-7-14-4-3-9-18-14/h3-6,9-10,16H,7-8,11H2,1-2H3. The van der Waals surface area contributed by atoms with Crippen LogP contribution in [-0.4, -0.2) is 13.7 Å². The molecule has 2 aromatic rings. The zero-order valence-electron chi connectivity index (χ0n) is 10.9. The Labute approximate surface area is 113 Å². The number of hydrogen-bond donors (Lipinski definition) is 1. The molecular formula is C15H19NOS. The maximum Gasteiger partial charge on any atom is 0.123 e. The van der Waals surface area contributed by atoms with E-state index in [1.165, 1.54) is 16.0 Å². The average molecular weight is 261 g/mol. The van der Waals surface area contributed by atoms with Crippen LogP contribution in [-0.2, 0) is 13.0 Å². The van der Waals surface area contributed by atoms with Gasteiger partial charge in [-0.1, -0.05) is 23.8 Å². The Kier molecular flexibility index (Phi) is 4.79. The molecule has 0 atom stereocenters. The highest BCUT2D eigenvalue weighted by atomic mass is 32.1. The van der Waals surface area contributed by atoms with Crippen molar-refractivity contribution in [1.82, 2.24) is 5.32 Å². The zero-order chi connectivity index (χ0) is 12.8. The van der Waals surface area contributed by atoms with Gasteiger partial charge in [0.15, 0.2) is 0 Å². The highest BCUT2D eigenvalue weighted by molar-refractivity contribution is 7.09. The molecule has 1 heterocycles. The van der Waals surface area contributed by atoms with Gasteiger partial charge in [0.1, 0.15) is 5.75 Å². The smallest absolute Gasteiger partial charge is 0.123 e. The Balaban J connectivity index is 1.84. The van der Waals surface area contributed by atoms with Gasteiger partial charge in [-0.15, -0.1) is 11.3 Å². The maximum absolute atomic E-state index is 5.37. The minimum Gasteiger partial charge on any atom is -0.496 e. The van der Waals surface area contributed by atoms with Crippen LogP contribution < -0.4 is 10.1 Å². The van der Waals surface area contributed by atoms with Crippen molar-refractivity contribution in [2.75, 3.05) is 13.7 Å². The van der Waals surface area contributed by atoms with Crippen LogP contribution in [0.25, 0.3) is 0 Å². The van der Waals surface area contributed by atoms with E-state index in [1.807, 2.05) is 17.4 Å². The quantitative estimate of drug-likeness (QED) is 0.805. The fourth-order valence-corrected chi connectivity index (χ4v) is 2.64. The van der Waals surface area contributed by atoms with Crippen molar-refractivity contribution in [1.29, 1.82) is 0 Å². The number of thiophene rings is 1. The fraction of sp³-hybridized carbons (Fsp3) is 0.333. The van der Waals surface area contributed by atoms with Crippen LogP contribution in [0.3, 0.4) is 0 Å². The third-order valence-electron chi connectivity index (χ3n) is 2.88. The van der Waals surface area contributed by atoms with Gasteiger partial charge in [0, 0.05) is 23.5 Å². The summed E-state index contributed by atoms with van der Waals surface area (Å²) >= 11 is 1.81. The summed E-state index contributed by atoms with van der Waals surface area (Å²) in [6, 6.07) is 10.6. The lowest BCUT2D eigenvalue weighted by Gasteiger charge is -2.10. The molecule has 0 aliphatic rings. The molecule has 0 radical (unpaired) electrons. The molecule has 0 aliphatic carbocycles. The van der Waals surface area contributed by atoms with E-state index in [2.05, 4.69) is 41.9 Å². The van der Waals surface area contributed by atoms with Gasteiger partial charge < -0.3 is 10.1 Å². The fourth-order valence-electron chi connectivity index (χ4n) is 1.93. The largest absolute Gasteiger partial charge is 0.496 e. The second-order valence-corrected chi connectivity index (χ2v) is 5.35. The number of hydrogen-bond acceptors (Lipinski definition) is 3. The first-order valence-corrected chi connectivity index (χ1v) is 7.04. The van der Waals surface area contributed by atoms with Gasteiger partial charge in [-0.25, -0.2) is 0 Å². The molecule has 0 spiro atoms. The predicted octanol–water partition coefficient (Wildman–Crippen LogP) is 3.40. The first-order valence-electron chi connectivity index (χ1n) is 6.16. The Morgan fingerprint density at radius 3 is 2.89 bits per heavy atom. The molecule has 2 nitrogen and oxygen atoms in total. The van der Waals surface area contributed by atoms with Crippen molar-refractivity contribution in [3.05, 3.63) is 51.7 Å². The van der Waals surface area contributed by atoms with Crippen molar-refractivity contribution < 1.29 is 4.74 Å². The molecule has 0 fully saturated rings. The summed E-state index contributed by atoms with van der Waals surface area (Å²) in [4.78, 5) is 1.43. The summed E-state index contributed by atoms with van der Waals surface area (Å²) in [7, 11) is 1.72. The third-order valence-corrected chi connectivity index (χ3v) is 3.82. The van der Waals surface area contributed by atoms with Crippen LogP contribution in [0.1, 0.15) is 16.0 Å². The number of rotatable bonds is 6. The number of benzene rings is 1. The predicted molar refractivity (Wildman–Crippen MR) is 77.5 cm³/mol. The van der Waals surface area contributed by atoms with Crippen LogP contribution in [0.2, 0.25) is 0 Å². The van der Waals surface area contributed by atoms with Gasteiger partial charge in [-0.3, -0.25) is 0 Å². The molecule has 0 unspecified atom stereocenters. The zero-order valence-corrected chi connectivity index (χ0v) is 11.7. The highest BCUT2D eigenvalue weighted by Crippen LogP contribution is 2.19. The molecule has 3 heteroatoms. The molecule has 0 saturated heterocycles. The van der Waals surface area contributed by atoms with Gasteiger partial charge >= 0.3 is 0 Å². The summed E-state index contributed by atoms with van der Waals surface area (Å²) < 4.78 is 5.37. The summed E-state index contributed by atoms with van der Waals surface area (Å²) in [5, 5.41) is 5.59. The third kappa shape index (κ3) is 3.59. The molecule has 1 aromatic carbocycles. The number of nitrogens with one attached hydrogen (secondary N) is 1. The number of methoxy groups -OCH3 is 1. The average Bonchev–Trinajstić information content (AvgIpc) is 2.88. The number of aryl methyl sites for hydroxylation is 1. The van der Waals surface area contributed by atoms with Gasteiger partial charge in [-0.2, -0.15) is 0 Å². The van der Waals surface area contributed by atoms with E-state index in [0.29, 0.717) is 0 Å². The minimum atomic E-state index is 0.857. The molecular weight excluding hydrogens is 242 g/mol. The van der Waals surface area contributed by atoms with E-state index in [9.17, 15) is 0 Å². The highest BCUT2D eigenvalue weighted by Gasteiger charge is 2.02. The van der Waals surface area contributed by atoms with E-state index >= 15 is 0 Å². The topological polar surface area (TPSA) is 21.3 Å². The first-order chi connectivity index (χ1) is 8.79. The second kappa shape index (κ2) is 6.57. The summed E-state index contributed by atoms with van der Waals surface area (Å²) in [5.41, 5.74) is 2.49. The molecule has 1 aromatic heterocycles. The van der Waals surface area contributed by atoms with E-state index in [-0.39, 0.29) is 0 Å². The normalized spacial score (nSPS) is 10.6. The van der Waals surface area contributed by atoms with Gasteiger partial charge in [0.2, 0.25) is 0 Å². The Hall–Kier alpha value is -1.32. The Morgan fingerprint density at radius 1 is 1.28 bits per heavy atom. The van der Waals surface area contributed by atoms with Crippen molar-refractivity contribution in [2.24, 2.45) is 0 Å². The van der Waals surface area contributed by atoms with Gasteiger partial charge in [0.25, 0.3) is 0 Å². The lowest BCUT2D eigenvalue weighted by Crippen LogP contribution is -2.16. The molecule has 0 saturated carbocycles. The molecule has 18 heavy (non-hydrogen) atoms. The Bertz CT molecular complexity index is 479. The van der Waals surface area contributed by atoms with Crippen LogP contribution in [0.4, 0.5) is 0 Å². The first kappa shape index (κ1) is 13.1. The van der Waals surface area contributed by atoms with E-state index < -0.39 is 0 Å². The lowest BCUT2D eigenvalue weighted by atomic mass is 10.1. The Morgan fingerprint density at radius 2 is 2.17 bits per heavy atom. The molecule has 2 rings (SSSR count). The van der Waals surface area contributed by atoms with Crippen molar-refractivity contribution in [3.63, 3.8) is 0 Å². The van der Waals surface area contributed by atoms with Crippen LogP contribution in [0.15, 0.2) is 35.7 Å². The molecule has 0 amide bonds.